The zero-order valence-corrected chi connectivity index (χ0v) is 6.27. The maximum absolute atomic E-state index is 2.46. The normalized spacial score (nSPS) is 49.7. The fourth-order valence-corrected chi connectivity index (χ4v) is 2.80. The fourth-order valence-electron chi connectivity index (χ4n) is 2.80. The van der Waals surface area contributed by atoms with Crippen LogP contribution in [-0.4, -0.2) is 0 Å². The molecule has 52 valence electrons. The Morgan fingerprint density at radius 1 is 0.889 bits per heavy atom. The second kappa shape index (κ2) is 2.00. The average Bonchev–Trinajstić information content (AvgIpc) is 2.19. The van der Waals surface area contributed by atoms with Gasteiger partial charge in [-0.2, -0.15) is 0 Å². The van der Waals surface area contributed by atoms with Gasteiger partial charge in [0, 0.05) is 0 Å². The first-order valence-corrected chi connectivity index (χ1v) is 4.38. The third-order valence-corrected chi connectivity index (χ3v) is 3.55. The van der Waals surface area contributed by atoms with E-state index in [9.17, 15) is 0 Å². The molecule has 2 fully saturated rings. The highest BCUT2D eigenvalue weighted by Gasteiger charge is 2.35. The van der Waals surface area contributed by atoms with Crippen LogP contribution in [0.15, 0.2) is 0 Å². The van der Waals surface area contributed by atoms with Crippen molar-refractivity contribution in [3.63, 3.8) is 0 Å². The van der Waals surface area contributed by atoms with Crippen LogP contribution in [0.25, 0.3) is 0 Å². The monoisotopic (exact) mass is 124 g/mol. The third-order valence-electron chi connectivity index (χ3n) is 3.55. The molecule has 0 aromatic carbocycles. The molecule has 2 aliphatic rings. The Morgan fingerprint density at radius 3 is 1.89 bits per heavy atom. The van der Waals surface area contributed by atoms with Gasteiger partial charge in [-0.1, -0.05) is 26.2 Å². The van der Waals surface area contributed by atoms with E-state index in [4.69, 9.17) is 0 Å². The van der Waals surface area contributed by atoms with Crippen molar-refractivity contribution in [2.75, 3.05) is 0 Å². The van der Waals surface area contributed by atoms with Crippen LogP contribution in [0.4, 0.5) is 0 Å². The highest BCUT2D eigenvalue weighted by molar-refractivity contribution is 4.85. The first kappa shape index (κ1) is 5.76. The predicted molar refractivity (Wildman–Crippen MR) is 39.2 cm³/mol. The molecule has 0 aromatic rings. The molecule has 2 aliphatic carbocycles. The molecule has 0 radical (unpaired) electrons. The summed E-state index contributed by atoms with van der Waals surface area (Å²) in [7, 11) is 0. The largest absolute Gasteiger partial charge is 0.0620 e. The van der Waals surface area contributed by atoms with Crippen LogP contribution in [0.3, 0.4) is 0 Å². The van der Waals surface area contributed by atoms with E-state index in [1.807, 2.05) is 0 Å². The molecule has 0 saturated heterocycles. The topological polar surface area (TPSA) is 0 Å². The van der Waals surface area contributed by atoms with Crippen molar-refractivity contribution in [2.24, 2.45) is 17.8 Å². The molecule has 0 heterocycles. The maximum Gasteiger partial charge on any atom is -0.0386 e. The lowest BCUT2D eigenvalue weighted by atomic mass is 9.80. The minimum Gasteiger partial charge on any atom is -0.0620 e. The molecule has 9 heavy (non-hydrogen) atoms. The van der Waals surface area contributed by atoms with Gasteiger partial charge < -0.3 is 0 Å². The molecule has 0 amide bonds. The van der Waals surface area contributed by atoms with E-state index in [2.05, 4.69) is 6.92 Å². The van der Waals surface area contributed by atoms with Gasteiger partial charge in [-0.15, -0.1) is 0 Å². The second-order valence-electron chi connectivity index (χ2n) is 3.89. The minimum absolute atomic E-state index is 1.08. The van der Waals surface area contributed by atoms with Crippen LogP contribution >= 0.6 is 0 Å². The van der Waals surface area contributed by atoms with E-state index >= 15 is 0 Å². The highest BCUT2D eigenvalue weighted by Crippen LogP contribution is 2.46. The molecule has 0 heteroatoms. The molecule has 2 unspecified atom stereocenters. The molecule has 2 rings (SSSR count). The van der Waals surface area contributed by atoms with Gasteiger partial charge in [0.05, 0.1) is 0 Å². The van der Waals surface area contributed by atoms with Crippen molar-refractivity contribution in [3.8, 4) is 0 Å². The van der Waals surface area contributed by atoms with E-state index in [1.165, 1.54) is 19.3 Å². The lowest BCUT2D eigenvalue weighted by Crippen LogP contribution is -2.16. The predicted octanol–water partition coefficient (Wildman–Crippen LogP) is 2.83. The Kier molecular flexibility index (Phi) is 1.28. The second-order valence-corrected chi connectivity index (χ2v) is 3.89. The van der Waals surface area contributed by atoms with Crippen molar-refractivity contribution >= 4 is 0 Å². The Bertz CT molecular complexity index is 90.6. The summed E-state index contributed by atoms with van der Waals surface area (Å²) in [6.07, 6.45) is 7.70. The Morgan fingerprint density at radius 2 is 1.44 bits per heavy atom. The van der Waals surface area contributed by atoms with Crippen LogP contribution < -0.4 is 0 Å². The van der Waals surface area contributed by atoms with Crippen LogP contribution in [-0.2, 0) is 0 Å². The summed E-state index contributed by atoms with van der Waals surface area (Å²) in [5.74, 6) is 3.34. The molecule has 0 nitrogen and oxygen atoms in total. The van der Waals surface area contributed by atoms with Crippen LogP contribution in [0.1, 0.15) is 39.0 Å². The Balaban J connectivity index is 2.10. The standard InChI is InChI=1S/C9H16/c1-7-8-3-2-4-9(7)6-5-8/h7-9H,2-6H2,1H3. The van der Waals surface area contributed by atoms with Gasteiger partial charge in [-0.25, -0.2) is 0 Å². The smallest absolute Gasteiger partial charge is 0.0386 e. The zero-order chi connectivity index (χ0) is 6.27. The zero-order valence-electron chi connectivity index (χ0n) is 6.27. The lowest BCUT2D eigenvalue weighted by Gasteiger charge is -2.25. The van der Waals surface area contributed by atoms with Gasteiger partial charge in [0.1, 0.15) is 0 Å². The average molecular weight is 124 g/mol. The van der Waals surface area contributed by atoms with Crippen molar-refractivity contribution in [1.29, 1.82) is 0 Å². The molecule has 0 aliphatic heterocycles. The van der Waals surface area contributed by atoms with Gasteiger partial charge in [0.25, 0.3) is 0 Å². The summed E-state index contributed by atoms with van der Waals surface area (Å²) in [6.45, 7) is 2.46. The summed E-state index contributed by atoms with van der Waals surface area (Å²) in [5.41, 5.74) is 0. The van der Waals surface area contributed by atoms with Gasteiger partial charge in [-0.3, -0.25) is 0 Å². The molecule has 2 saturated carbocycles. The molecule has 0 spiro atoms. The highest BCUT2D eigenvalue weighted by atomic mass is 14.4. The molecule has 0 aromatic heterocycles. The van der Waals surface area contributed by atoms with Gasteiger partial charge in [-0.05, 0) is 30.6 Å². The number of fused-ring (bicyclic) bond motifs is 2. The van der Waals surface area contributed by atoms with Crippen molar-refractivity contribution in [1.82, 2.24) is 0 Å². The van der Waals surface area contributed by atoms with Crippen LogP contribution in [0, 0.1) is 17.8 Å². The summed E-state index contributed by atoms with van der Waals surface area (Å²) >= 11 is 0. The summed E-state index contributed by atoms with van der Waals surface area (Å²) in [6, 6.07) is 0. The van der Waals surface area contributed by atoms with E-state index in [0.717, 1.165) is 17.8 Å². The Hall–Kier alpha value is 0. The fraction of sp³-hybridized carbons (Fsp3) is 1.00. The lowest BCUT2D eigenvalue weighted by molar-refractivity contribution is 0.249. The van der Waals surface area contributed by atoms with Gasteiger partial charge in [0.15, 0.2) is 0 Å². The number of hydrogen-bond acceptors (Lipinski definition) is 0. The molecule has 0 N–H and O–H groups in total. The summed E-state index contributed by atoms with van der Waals surface area (Å²) < 4.78 is 0. The maximum atomic E-state index is 2.46. The third kappa shape index (κ3) is 0.798. The molecule has 2 atom stereocenters. The Labute approximate surface area is 57.6 Å². The van der Waals surface area contributed by atoms with Crippen molar-refractivity contribution in [3.05, 3.63) is 0 Å². The summed E-state index contributed by atoms with van der Waals surface area (Å²) in [5, 5.41) is 0. The van der Waals surface area contributed by atoms with Crippen molar-refractivity contribution in [2.45, 2.75) is 39.0 Å². The van der Waals surface area contributed by atoms with Crippen LogP contribution in [0.2, 0.25) is 0 Å². The van der Waals surface area contributed by atoms with E-state index in [1.54, 1.807) is 12.8 Å². The first-order valence-electron chi connectivity index (χ1n) is 4.38. The summed E-state index contributed by atoms with van der Waals surface area (Å²) in [4.78, 5) is 0. The molecule has 2 bridgehead atoms. The number of rotatable bonds is 0. The SMILES string of the molecule is CC1C2CCCC1CC2. The quantitative estimate of drug-likeness (QED) is 0.466. The van der Waals surface area contributed by atoms with Crippen LogP contribution in [0.5, 0.6) is 0 Å². The van der Waals surface area contributed by atoms with E-state index in [0.29, 0.717) is 0 Å². The first-order chi connectivity index (χ1) is 4.38. The van der Waals surface area contributed by atoms with E-state index in [-0.39, 0.29) is 0 Å². The van der Waals surface area contributed by atoms with Crippen molar-refractivity contribution < 1.29 is 0 Å². The molecular weight excluding hydrogens is 108 g/mol. The van der Waals surface area contributed by atoms with E-state index < -0.39 is 0 Å². The number of hydrogen-bond donors (Lipinski definition) is 0. The van der Waals surface area contributed by atoms with Gasteiger partial charge >= 0.3 is 0 Å². The van der Waals surface area contributed by atoms with Gasteiger partial charge in [0.2, 0.25) is 0 Å². The minimum atomic E-state index is 1.08. The molecular formula is C9H16.